The minimum absolute atomic E-state index is 0.00253. The number of sulfonamides is 1. The van der Waals surface area contributed by atoms with Crippen molar-refractivity contribution in [2.45, 2.75) is 11.8 Å². The van der Waals surface area contributed by atoms with E-state index in [9.17, 15) is 13.2 Å². The van der Waals surface area contributed by atoms with Gasteiger partial charge in [0.2, 0.25) is 0 Å². The van der Waals surface area contributed by atoms with E-state index >= 15 is 0 Å². The Bertz CT molecular complexity index is 1140. The average molecular weight is 448 g/mol. The molecule has 0 saturated heterocycles. The van der Waals surface area contributed by atoms with Crippen molar-refractivity contribution in [3.63, 3.8) is 0 Å². The van der Waals surface area contributed by atoms with Crippen LogP contribution in [0.2, 0.25) is 5.02 Å². The third-order valence-electron chi connectivity index (χ3n) is 3.93. The molecule has 0 radical (unpaired) electrons. The highest BCUT2D eigenvalue weighted by molar-refractivity contribution is 7.92. The topological polar surface area (TPSA) is 79.4 Å². The van der Waals surface area contributed by atoms with Crippen molar-refractivity contribution in [1.82, 2.24) is 4.98 Å². The first kappa shape index (κ1) is 21.0. The number of rotatable bonds is 7. The Balaban J connectivity index is 1.93. The summed E-state index contributed by atoms with van der Waals surface area (Å²) in [5.41, 5.74) is 1.46. The SMILES string of the molecule is C=CCN(c1ccc(Cl)cc1)S(=O)(=O)c1cccc(C(=O)Nc2nc(C)cs2)c1. The van der Waals surface area contributed by atoms with E-state index in [0.29, 0.717) is 15.8 Å². The van der Waals surface area contributed by atoms with Gasteiger partial charge in [0.05, 0.1) is 22.8 Å². The minimum atomic E-state index is -3.93. The van der Waals surface area contributed by atoms with E-state index in [2.05, 4.69) is 16.9 Å². The zero-order valence-electron chi connectivity index (χ0n) is 15.5. The van der Waals surface area contributed by atoms with E-state index in [-0.39, 0.29) is 17.0 Å². The summed E-state index contributed by atoms with van der Waals surface area (Å²) in [5.74, 6) is -0.432. The van der Waals surface area contributed by atoms with Crippen LogP contribution in [0.4, 0.5) is 10.8 Å². The first-order valence-electron chi connectivity index (χ1n) is 8.54. The Labute approximate surface area is 178 Å². The number of hydrogen-bond acceptors (Lipinski definition) is 5. The summed E-state index contributed by atoms with van der Waals surface area (Å²) in [6, 6.07) is 12.3. The molecule has 1 amide bonds. The number of carbonyl (C=O) groups is 1. The molecule has 0 aliphatic rings. The Morgan fingerprint density at radius 1 is 1.28 bits per heavy atom. The van der Waals surface area contributed by atoms with Gasteiger partial charge in [-0.25, -0.2) is 13.4 Å². The molecule has 0 bridgehead atoms. The van der Waals surface area contributed by atoms with Gasteiger partial charge in [0.1, 0.15) is 0 Å². The molecule has 0 atom stereocenters. The van der Waals surface area contributed by atoms with Crippen LogP contribution in [-0.2, 0) is 10.0 Å². The molecular weight excluding hydrogens is 430 g/mol. The fourth-order valence-electron chi connectivity index (χ4n) is 2.57. The third kappa shape index (κ3) is 4.84. The molecule has 150 valence electrons. The van der Waals surface area contributed by atoms with Crippen molar-refractivity contribution in [2.24, 2.45) is 0 Å². The van der Waals surface area contributed by atoms with Gasteiger partial charge in [-0.15, -0.1) is 17.9 Å². The number of hydrogen-bond donors (Lipinski definition) is 1. The van der Waals surface area contributed by atoms with E-state index in [4.69, 9.17) is 11.6 Å². The summed E-state index contributed by atoms with van der Waals surface area (Å²) in [6.45, 7) is 5.54. The van der Waals surface area contributed by atoms with Crippen LogP contribution in [0.15, 0.2) is 71.5 Å². The normalized spacial score (nSPS) is 11.1. The maximum absolute atomic E-state index is 13.2. The summed E-state index contributed by atoms with van der Waals surface area (Å²) in [5, 5.41) is 5.45. The first-order chi connectivity index (χ1) is 13.8. The van der Waals surface area contributed by atoms with Gasteiger partial charge in [-0.2, -0.15) is 0 Å². The predicted octanol–water partition coefficient (Wildman–Crippen LogP) is 4.74. The Kier molecular flexibility index (Phi) is 6.36. The molecule has 0 saturated carbocycles. The van der Waals surface area contributed by atoms with Crippen LogP contribution < -0.4 is 9.62 Å². The van der Waals surface area contributed by atoms with Gasteiger partial charge in [-0.05, 0) is 49.4 Å². The lowest BCUT2D eigenvalue weighted by Crippen LogP contribution is -2.31. The van der Waals surface area contributed by atoms with Crippen LogP contribution in [-0.4, -0.2) is 25.9 Å². The molecule has 2 aromatic carbocycles. The van der Waals surface area contributed by atoms with Gasteiger partial charge < -0.3 is 0 Å². The number of aromatic nitrogens is 1. The fraction of sp³-hybridized carbons (Fsp3) is 0.100. The number of anilines is 2. The molecule has 0 fully saturated rings. The highest BCUT2D eigenvalue weighted by Gasteiger charge is 2.25. The Morgan fingerprint density at radius 3 is 2.62 bits per heavy atom. The zero-order chi connectivity index (χ0) is 21.0. The standard InChI is InChI=1S/C20H18ClN3O3S2/c1-3-11-24(17-9-7-16(21)8-10-17)29(26,27)18-6-4-5-15(12-18)19(25)23-20-22-14(2)13-28-20/h3-10,12-13H,1,11H2,2H3,(H,22,23,25). The van der Waals surface area contributed by atoms with Gasteiger partial charge in [0, 0.05) is 16.0 Å². The van der Waals surface area contributed by atoms with Gasteiger partial charge in [-0.3, -0.25) is 14.4 Å². The summed E-state index contributed by atoms with van der Waals surface area (Å²) >= 11 is 7.21. The molecule has 9 heteroatoms. The molecule has 1 aromatic heterocycles. The smallest absolute Gasteiger partial charge is 0.264 e. The number of nitrogens with one attached hydrogen (secondary N) is 1. The summed E-state index contributed by atoms with van der Waals surface area (Å²) in [6.07, 6.45) is 1.49. The second kappa shape index (κ2) is 8.77. The summed E-state index contributed by atoms with van der Waals surface area (Å²) in [4.78, 5) is 16.7. The molecule has 1 N–H and O–H groups in total. The van der Waals surface area contributed by atoms with E-state index in [1.807, 2.05) is 12.3 Å². The molecule has 6 nitrogen and oxygen atoms in total. The highest BCUT2D eigenvalue weighted by atomic mass is 35.5. The first-order valence-corrected chi connectivity index (χ1v) is 11.2. The van der Waals surface area contributed by atoms with E-state index in [1.54, 1.807) is 30.3 Å². The van der Waals surface area contributed by atoms with Gasteiger partial charge in [-0.1, -0.05) is 23.7 Å². The fourth-order valence-corrected chi connectivity index (χ4v) is 4.86. The maximum atomic E-state index is 13.2. The molecule has 0 aliphatic heterocycles. The zero-order valence-corrected chi connectivity index (χ0v) is 17.9. The van der Waals surface area contributed by atoms with Gasteiger partial charge in [0.25, 0.3) is 15.9 Å². The van der Waals surface area contributed by atoms with E-state index in [0.717, 1.165) is 5.69 Å². The number of carbonyl (C=O) groups excluding carboxylic acids is 1. The average Bonchev–Trinajstić information content (AvgIpc) is 3.11. The quantitative estimate of drug-likeness (QED) is 0.530. The summed E-state index contributed by atoms with van der Waals surface area (Å²) in [7, 11) is -3.93. The van der Waals surface area contributed by atoms with Crippen molar-refractivity contribution >= 4 is 49.7 Å². The van der Waals surface area contributed by atoms with Crippen molar-refractivity contribution in [3.05, 3.63) is 82.8 Å². The van der Waals surface area contributed by atoms with Gasteiger partial charge >= 0.3 is 0 Å². The third-order valence-corrected chi connectivity index (χ3v) is 6.85. The van der Waals surface area contributed by atoms with Crippen molar-refractivity contribution in [3.8, 4) is 0 Å². The molecule has 0 aliphatic carbocycles. The van der Waals surface area contributed by atoms with Crippen molar-refractivity contribution in [1.29, 1.82) is 0 Å². The Morgan fingerprint density at radius 2 is 2.00 bits per heavy atom. The van der Waals surface area contributed by atoms with Crippen molar-refractivity contribution in [2.75, 3.05) is 16.2 Å². The van der Waals surface area contributed by atoms with Crippen LogP contribution in [0.1, 0.15) is 16.1 Å². The lowest BCUT2D eigenvalue weighted by molar-refractivity contribution is 0.102. The molecule has 0 spiro atoms. The lowest BCUT2D eigenvalue weighted by atomic mass is 10.2. The number of amides is 1. The number of thiazole rings is 1. The van der Waals surface area contributed by atoms with Crippen LogP contribution in [0.25, 0.3) is 0 Å². The number of aryl methyl sites for hydroxylation is 1. The minimum Gasteiger partial charge on any atom is -0.298 e. The van der Waals surface area contributed by atoms with Crippen LogP contribution in [0.3, 0.4) is 0 Å². The molecule has 0 unspecified atom stereocenters. The molecule has 3 rings (SSSR count). The van der Waals surface area contributed by atoms with Crippen molar-refractivity contribution < 1.29 is 13.2 Å². The van der Waals surface area contributed by atoms with E-state index < -0.39 is 15.9 Å². The van der Waals surface area contributed by atoms with Crippen LogP contribution in [0.5, 0.6) is 0 Å². The number of benzene rings is 2. The largest absolute Gasteiger partial charge is 0.298 e. The maximum Gasteiger partial charge on any atom is 0.264 e. The van der Waals surface area contributed by atoms with Gasteiger partial charge in [0.15, 0.2) is 5.13 Å². The molecular formula is C20H18ClN3O3S2. The van der Waals surface area contributed by atoms with Crippen LogP contribution >= 0.6 is 22.9 Å². The second-order valence-corrected chi connectivity index (χ2v) is 9.23. The molecule has 1 heterocycles. The number of halogens is 1. The Hall–Kier alpha value is -2.68. The lowest BCUT2D eigenvalue weighted by Gasteiger charge is -2.23. The summed E-state index contributed by atoms with van der Waals surface area (Å²) < 4.78 is 27.7. The van der Waals surface area contributed by atoms with Crippen LogP contribution in [0, 0.1) is 6.92 Å². The highest BCUT2D eigenvalue weighted by Crippen LogP contribution is 2.26. The van der Waals surface area contributed by atoms with E-state index in [1.165, 1.54) is 39.9 Å². The predicted molar refractivity (Wildman–Crippen MR) is 117 cm³/mol. The monoisotopic (exact) mass is 447 g/mol. The number of nitrogens with zero attached hydrogens (tertiary/aromatic N) is 2. The second-order valence-electron chi connectivity index (χ2n) is 6.08. The molecule has 29 heavy (non-hydrogen) atoms. The molecule has 3 aromatic rings.